The van der Waals surface area contributed by atoms with Crippen molar-refractivity contribution in [2.45, 2.75) is 267 Å². The summed E-state index contributed by atoms with van der Waals surface area (Å²) in [5.74, 6) is 23.4. The molecule has 0 N–H and O–H groups in total. The van der Waals surface area contributed by atoms with Gasteiger partial charge in [0.2, 0.25) is 0 Å². The van der Waals surface area contributed by atoms with Gasteiger partial charge in [-0.2, -0.15) is 0 Å². The topological polar surface area (TPSA) is 0 Å². The zero-order valence-electron chi connectivity index (χ0n) is 79.2. The molecule has 15 rings (SSSR count). The molecular formula is C116H134Ge2S2Si4. The fourth-order valence-electron chi connectivity index (χ4n) is 21.2. The molecule has 0 saturated carbocycles. The molecule has 0 nitrogen and oxygen atoms in total. The first kappa shape index (κ1) is 93.3. The molecule has 0 radical (unpaired) electrons. The van der Waals surface area contributed by atoms with E-state index in [1.165, 1.54) is 231 Å². The molecule has 634 valence electrons. The summed E-state index contributed by atoms with van der Waals surface area (Å²) in [6, 6.07) is 79.2. The van der Waals surface area contributed by atoms with Gasteiger partial charge >= 0.3 is 530 Å². The van der Waals surface area contributed by atoms with Crippen LogP contribution in [0.15, 0.2) is 193 Å². The van der Waals surface area contributed by atoms with Crippen LogP contribution in [0.4, 0.5) is 0 Å². The van der Waals surface area contributed by atoms with Crippen molar-refractivity contribution in [3.8, 4) is 67.2 Å². The SMILES string of the molecule is CC[Si](C#Cc1c2cc3ccccc3cc2c(C#[C][Ge]([CH](C)C)([CH](C)C)[CH](C)C)c2cc3ccccc3cc12)(CC)CC.CC[Si](C#Cc1c2cc3ccsc3cc2c(C#C[Si](CC)(CC)CC)c2cc3ccsc3cc12)(CC)CC.C[CH2][Ge]([C]#Cc1c2cc3ccccc3cc2c(C#C[Si](C(C)C)(C(C)C)C(C)C)c2cc3ccccc3cc12)([CH2]C)[CH2]C. The average Bonchev–Trinajstić information content (AvgIpc) is 0.881. The van der Waals surface area contributed by atoms with Crippen molar-refractivity contribution in [1.29, 1.82) is 0 Å². The summed E-state index contributed by atoms with van der Waals surface area (Å²) in [5, 5.41) is 36.0. The van der Waals surface area contributed by atoms with Gasteiger partial charge in [-0.05, 0) is 105 Å². The summed E-state index contributed by atoms with van der Waals surface area (Å²) >= 11 is -1.19. The number of hydrogen-bond donors (Lipinski definition) is 0. The molecular weight excluding hydrogens is 1710 g/mol. The molecule has 0 amide bonds. The average molecular weight is 1850 g/mol. The van der Waals surface area contributed by atoms with Crippen molar-refractivity contribution >= 4 is 209 Å². The molecule has 0 aliphatic rings. The molecule has 2 aromatic heterocycles. The van der Waals surface area contributed by atoms with Crippen LogP contribution in [0.2, 0.25) is 101 Å². The van der Waals surface area contributed by atoms with Crippen LogP contribution in [0.3, 0.4) is 0 Å². The van der Waals surface area contributed by atoms with E-state index in [2.05, 4.69) is 426 Å². The Morgan fingerprint density at radius 1 is 0.250 bits per heavy atom. The van der Waals surface area contributed by atoms with Gasteiger partial charge in [0.15, 0.2) is 0 Å². The van der Waals surface area contributed by atoms with E-state index < -0.39 is 58.8 Å². The van der Waals surface area contributed by atoms with Crippen LogP contribution in [0, 0.1) is 67.2 Å². The summed E-state index contributed by atoms with van der Waals surface area (Å²) in [5.41, 5.74) is 24.8. The van der Waals surface area contributed by atoms with E-state index in [0.29, 0.717) is 30.9 Å². The van der Waals surface area contributed by atoms with Crippen molar-refractivity contribution in [2.24, 2.45) is 0 Å². The molecule has 13 aromatic carbocycles. The minimum absolute atomic E-state index is 0.585. The van der Waals surface area contributed by atoms with E-state index in [-0.39, 0.29) is 0 Å². The van der Waals surface area contributed by atoms with Gasteiger partial charge in [0, 0.05) is 31.3 Å². The first-order chi connectivity index (χ1) is 59.7. The van der Waals surface area contributed by atoms with Gasteiger partial charge in [0.05, 0.1) is 0 Å². The van der Waals surface area contributed by atoms with E-state index >= 15 is 0 Å². The van der Waals surface area contributed by atoms with E-state index in [4.69, 9.17) is 0 Å². The molecule has 0 spiro atoms. The Hall–Kier alpha value is -8.31. The molecule has 0 bridgehead atoms. The van der Waals surface area contributed by atoms with E-state index in [1.54, 1.807) is 0 Å². The van der Waals surface area contributed by atoms with Gasteiger partial charge in [-0.15, -0.1) is 33.8 Å². The predicted molar refractivity (Wildman–Crippen MR) is 577 cm³/mol. The number of hydrogen-bond acceptors (Lipinski definition) is 2. The second kappa shape index (κ2) is 39.5. The first-order valence-corrected chi connectivity index (χ1v) is 69.3. The third kappa shape index (κ3) is 17.9. The maximum absolute atomic E-state index is 4.14. The molecule has 124 heavy (non-hydrogen) atoms. The molecule has 0 fully saturated rings. The van der Waals surface area contributed by atoms with Crippen molar-refractivity contribution in [1.82, 2.24) is 0 Å². The Bertz CT molecular complexity index is 6180. The Balaban J connectivity index is 0.000000160. The summed E-state index contributed by atoms with van der Waals surface area (Å²) in [6.45, 7) is 57.2. The van der Waals surface area contributed by atoms with Crippen molar-refractivity contribution in [2.75, 3.05) is 0 Å². The van der Waals surface area contributed by atoms with Crippen LogP contribution in [0.5, 0.6) is 0 Å². The Kier molecular flexibility index (Phi) is 29.7. The van der Waals surface area contributed by atoms with Gasteiger partial charge < -0.3 is 0 Å². The van der Waals surface area contributed by atoms with Gasteiger partial charge in [-0.25, -0.2) is 0 Å². The third-order valence-corrected chi connectivity index (χ3v) is 75.7. The van der Waals surface area contributed by atoms with Gasteiger partial charge in [-0.3, -0.25) is 0 Å². The monoisotopic (exact) mass is 1850 g/mol. The summed E-state index contributed by atoms with van der Waals surface area (Å²) in [4.78, 5) is 0. The first-order valence-electron chi connectivity index (χ1n) is 47.2. The quantitative estimate of drug-likeness (QED) is 0.0456. The van der Waals surface area contributed by atoms with E-state index in [0.717, 1.165) is 0 Å². The van der Waals surface area contributed by atoms with E-state index in [9.17, 15) is 0 Å². The maximum atomic E-state index is 4.14. The second-order valence-electron chi connectivity index (χ2n) is 37.6. The van der Waals surface area contributed by atoms with Gasteiger partial charge in [0.1, 0.15) is 16.1 Å². The molecule has 0 unspecified atom stereocenters. The molecule has 0 aliphatic heterocycles. The third-order valence-electron chi connectivity index (χ3n) is 30.4. The predicted octanol–water partition coefficient (Wildman–Crippen LogP) is 35.8. The molecule has 8 heteroatoms. The standard InChI is InChI=1S/2C41H48GeSi.C34H38S2Si2/c1-10-43(11-2,12-3)24-22-37-40-27-34-19-15-13-17-32(34)25-38(40)36(21-23-42(29(4)5,30(6)7)31(8)9)39-26-33-18-14-16-20-35(33)28-41(37)39;1-10-42(11-2,12-3)23-21-36-38-25-32-17-13-15-19-34(32)27-40(38)37(22-24-43(29(4)5,30(6)7)31(8)9)41-28-35-20-16-14-18-33(35)26-39(36)41;1-7-37(8-2,9-3)19-15-27-29-21-25-13-17-36-34(25)24-32(29)28(16-20-38(10-4,11-5)12-6)30-22-26-14-18-35-33(26)23-31(27)30/h2*13-20,25-31H,10-12H2,1-9H3;13-14,17-18,21-24H,7-12H2,1-6H3. The number of benzene rings is 13. The Labute approximate surface area is 762 Å². The molecule has 15 aromatic rings. The second-order valence-corrected chi connectivity index (χ2v) is 81.9. The van der Waals surface area contributed by atoms with Crippen molar-refractivity contribution in [3.63, 3.8) is 0 Å². The normalized spacial score (nSPS) is 12.3. The zero-order valence-corrected chi connectivity index (χ0v) is 89.1. The van der Waals surface area contributed by atoms with Gasteiger partial charge in [-0.1, -0.05) is 53.4 Å². The van der Waals surface area contributed by atoms with E-state index in [1.807, 2.05) is 22.7 Å². The summed E-state index contributed by atoms with van der Waals surface area (Å²) in [7, 11) is -6.80. The Morgan fingerprint density at radius 3 is 0.677 bits per heavy atom. The summed E-state index contributed by atoms with van der Waals surface area (Å²) < 4.78 is 12.7. The molecule has 0 atom stereocenters. The van der Waals surface area contributed by atoms with Crippen LogP contribution >= 0.6 is 22.7 Å². The fraction of sp³-hybridized carbons (Fsp3) is 0.362. The number of rotatable bonds is 18. The number of thiophene rings is 2. The van der Waals surface area contributed by atoms with Crippen molar-refractivity contribution in [3.05, 3.63) is 226 Å². The molecule has 0 saturated heterocycles. The fourth-order valence-corrected chi connectivity index (χ4v) is 51.3. The van der Waals surface area contributed by atoms with Crippen LogP contribution in [0.25, 0.3) is 128 Å². The van der Waals surface area contributed by atoms with Crippen LogP contribution < -0.4 is 0 Å². The zero-order chi connectivity index (χ0) is 88.8. The van der Waals surface area contributed by atoms with Crippen LogP contribution in [0.1, 0.15) is 200 Å². The summed E-state index contributed by atoms with van der Waals surface area (Å²) in [6.07, 6.45) is 0. The number of fused-ring (bicyclic) bond motifs is 12. The molecule has 2 heterocycles. The molecule has 0 aliphatic carbocycles. The van der Waals surface area contributed by atoms with Gasteiger partial charge in [0.25, 0.3) is 0 Å². The van der Waals surface area contributed by atoms with Crippen LogP contribution in [-0.2, 0) is 0 Å². The van der Waals surface area contributed by atoms with Crippen molar-refractivity contribution < 1.29 is 0 Å². The minimum atomic E-state index is -2.60. The Morgan fingerprint density at radius 2 is 0.460 bits per heavy atom. The van der Waals surface area contributed by atoms with Crippen LogP contribution in [-0.4, -0.2) is 58.8 Å².